The van der Waals surface area contributed by atoms with Crippen LogP contribution in [0, 0.1) is 0 Å². The summed E-state index contributed by atoms with van der Waals surface area (Å²) >= 11 is 0. The fourth-order valence-corrected chi connectivity index (χ4v) is 3.77. The number of nitrogens with one attached hydrogen (secondary N) is 1. The summed E-state index contributed by atoms with van der Waals surface area (Å²) < 4.78 is 5.50. The second-order valence-corrected chi connectivity index (χ2v) is 7.31. The van der Waals surface area contributed by atoms with Crippen molar-refractivity contribution in [1.82, 2.24) is 20.1 Å². The van der Waals surface area contributed by atoms with E-state index in [-0.39, 0.29) is 17.4 Å². The van der Waals surface area contributed by atoms with Gasteiger partial charge in [0.25, 0.3) is 5.91 Å². The van der Waals surface area contributed by atoms with Crippen LogP contribution in [0.2, 0.25) is 0 Å². The molecule has 1 fully saturated rings. The number of pyridine rings is 1. The fourth-order valence-electron chi connectivity index (χ4n) is 3.77. The summed E-state index contributed by atoms with van der Waals surface area (Å²) in [5.41, 5.74) is 8.56. The second-order valence-electron chi connectivity index (χ2n) is 7.31. The van der Waals surface area contributed by atoms with Crippen molar-refractivity contribution in [3.8, 4) is 16.9 Å². The number of hydrogen-bond donors (Lipinski definition) is 2. The highest BCUT2D eigenvalue weighted by molar-refractivity contribution is 5.95. The first kappa shape index (κ1) is 19.6. The van der Waals surface area contributed by atoms with Crippen LogP contribution in [0.1, 0.15) is 34.8 Å². The van der Waals surface area contributed by atoms with Crippen molar-refractivity contribution in [3.05, 3.63) is 70.3 Å². The molecule has 1 aromatic carbocycles. The summed E-state index contributed by atoms with van der Waals surface area (Å²) in [5, 5.41) is 8.11. The molecule has 1 aliphatic rings. The number of aromatic nitrogens is 3. The topological polar surface area (TPSA) is 114 Å². The Labute approximate surface area is 173 Å². The Balaban J connectivity index is 1.48. The number of carbonyl (C=O) groups is 1. The number of H-pyrrole nitrogens is 1. The highest BCUT2D eigenvalue weighted by atomic mass is 16.5. The number of hydrogen-bond acceptors (Lipinski definition) is 6. The van der Waals surface area contributed by atoms with Gasteiger partial charge in [0.05, 0.1) is 12.8 Å². The minimum Gasteiger partial charge on any atom is -0.496 e. The van der Waals surface area contributed by atoms with Gasteiger partial charge in [0.1, 0.15) is 11.6 Å². The van der Waals surface area contributed by atoms with E-state index in [0.29, 0.717) is 30.2 Å². The zero-order valence-electron chi connectivity index (χ0n) is 16.7. The first-order chi connectivity index (χ1) is 14.5. The van der Waals surface area contributed by atoms with Crippen LogP contribution in [-0.2, 0) is 0 Å². The van der Waals surface area contributed by atoms with E-state index in [2.05, 4.69) is 15.2 Å². The molecule has 1 aliphatic heterocycles. The molecule has 3 N–H and O–H groups in total. The van der Waals surface area contributed by atoms with Crippen molar-refractivity contribution in [3.63, 3.8) is 0 Å². The lowest BCUT2D eigenvalue weighted by atomic mass is 9.93. The van der Waals surface area contributed by atoms with Gasteiger partial charge < -0.3 is 20.4 Å². The number of amides is 1. The third-order valence-corrected chi connectivity index (χ3v) is 5.45. The van der Waals surface area contributed by atoms with Gasteiger partial charge in [0.2, 0.25) is 5.56 Å². The summed E-state index contributed by atoms with van der Waals surface area (Å²) in [6.07, 6.45) is 3.29. The van der Waals surface area contributed by atoms with E-state index >= 15 is 0 Å². The summed E-state index contributed by atoms with van der Waals surface area (Å²) in [4.78, 5) is 28.8. The van der Waals surface area contributed by atoms with Gasteiger partial charge in [-0.05, 0) is 49.2 Å². The van der Waals surface area contributed by atoms with Crippen LogP contribution >= 0.6 is 0 Å². The molecule has 0 aliphatic carbocycles. The van der Waals surface area contributed by atoms with E-state index in [4.69, 9.17) is 10.5 Å². The molecule has 0 radical (unpaired) electrons. The van der Waals surface area contributed by atoms with E-state index in [0.717, 1.165) is 29.7 Å². The number of piperidine rings is 1. The number of ether oxygens (including phenoxy) is 1. The van der Waals surface area contributed by atoms with Crippen LogP contribution in [0.4, 0.5) is 5.82 Å². The molecule has 8 heteroatoms. The summed E-state index contributed by atoms with van der Waals surface area (Å²) in [5.74, 6) is 1.24. The number of nitrogens with two attached hydrogens (primary N) is 1. The summed E-state index contributed by atoms with van der Waals surface area (Å²) in [6, 6.07) is 12.2. The van der Waals surface area contributed by atoms with Gasteiger partial charge >= 0.3 is 0 Å². The van der Waals surface area contributed by atoms with Crippen molar-refractivity contribution in [2.24, 2.45) is 0 Å². The molecule has 4 rings (SSSR count). The molecular weight excluding hydrogens is 382 g/mol. The van der Waals surface area contributed by atoms with E-state index < -0.39 is 0 Å². The zero-order valence-corrected chi connectivity index (χ0v) is 16.7. The molecule has 1 amide bonds. The molecule has 0 spiro atoms. The maximum absolute atomic E-state index is 13.0. The average Bonchev–Trinajstić information content (AvgIpc) is 2.79. The van der Waals surface area contributed by atoms with Crippen molar-refractivity contribution in [1.29, 1.82) is 0 Å². The molecule has 3 aromatic rings. The minimum absolute atomic E-state index is 0.0249. The molecule has 154 valence electrons. The van der Waals surface area contributed by atoms with Crippen molar-refractivity contribution >= 4 is 11.7 Å². The molecule has 8 nitrogen and oxygen atoms in total. The maximum Gasteiger partial charge on any atom is 0.253 e. The van der Waals surface area contributed by atoms with Crippen molar-refractivity contribution in [2.45, 2.75) is 18.8 Å². The zero-order chi connectivity index (χ0) is 21.1. The Morgan fingerprint density at radius 2 is 1.93 bits per heavy atom. The predicted molar refractivity (Wildman–Crippen MR) is 113 cm³/mol. The first-order valence-corrected chi connectivity index (χ1v) is 9.80. The highest BCUT2D eigenvalue weighted by Crippen LogP contribution is 2.32. The molecule has 1 saturated heterocycles. The number of rotatable bonds is 4. The predicted octanol–water partition coefficient (Wildman–Crippen LogP) is 2.44. The molecule has 0 unspecified atom stereocenters. The summed E-state index contributed by atoms with van der Waals surface area (Å²) in [7, 11) is 1.57. The third kappa shape index (κ3) is 4.03. The van der Waals surface area contributed by atoms with Gasteiger partial charge in [-0.15, -0.1) is 5.10 Å². The minimum atomic E-state index is -0.169. The quantitative estimate of drug-likeness (QED) is 0.689. The molecule has 3 heterocycles. The normalized spacial score (nSPS) is 14.5. The Bertz CT molecular complexity index is 1080. The van der Waals surface area contributed by atoms with Crippen LogP contribution in [-0.4, -0.2) is 46.2 Å². The number of anilines is 1. The first-order valence-electron chi connectivity index (χ1n) is 9.80. The lowest BCUT2D eigenvalue weighted by Crippen LogP contribution is -2.38. The Hall–Kier alpha value is -3.68. The maximum atomic E-state index is 13.0. The Morgan fingerprint density at radius 3 is 2.57 bits per heavy atom. The van der Waals surface area contributed by atoms with Crippen LogP contribution in [0.3, 0.4) is 0 Å². The number of nitrogen functional groups attached to an aromatic ring is 1. The standard InChI is InChI=1S/C22H23N5O3/c1-30-19-12-15(2-4-17(19)16-3-7-21(28)24-13-16)22(29)27-10-8-14(9-11-27)18-5-6-20(23)26-25-18/h2-7,12-14H,8-11H2,1H3,(H2,23,26)(H,24,28). The molecule has 30 heavy (non-hydrogen) atoms. The summed E-state index contributed by atoms with van der Waals surface area (Å²) in [6.45, 7) is 1.30. The molecule has 2 aromatic heterocycles. The lowest BCUT2D eigenvalue weighted by Gasteiger charge is -2.31. The van der Waals surface area contributed by atoms with Gasteiger partial charge in [0.15, 0.2) is 0 Å². The largest absolute Gasteiger partial charge is 0.496 e. The van der Waals surface area contributed by atoms with E-state index in [9.17, 15) is 9.59 Å². The molecule has 0 bridgehead atoms. The van der Waals surface area contributed by atoms with Crippen LogP contribution < -0.4 is 16.0 Å². The van der Waals surface area contributed by atoms with E-state index in [1.54, 1.807) is 37.6 Å². The average molecular weight is 405 g/mol. The van der Waals surface area contributed by atoms with Crippen molar-refractivity contribution in [2.75, 3.05) is 25.9 Å². The van der Waals surface area contributed by atoms with Gasteiger partial charge in [-0.25, -0.2) is 0 Å². The highest BCUT2D eigenvalue weighted by Gasteiger charge is 2.26. The SMILES string of the molecule is COc1cc(C(=O)N2CCC(c3ccc(N)nn3)CC2)ccc1-c1ccc(=O)[nH]c1. The monoisotopic (exact) mass is 405 g/mol. The van der Waals surface area contributed by atoms with Gasteiger partial charge in [-0.3, -0.25) is 9.59 Å². The van der Waals surface area contributed by atoms with Crippen molar-refractivity contribution < 1.29 is 9.53 Å². The smallest absolute Gasteiger partial charge is 0.253 e. The number of nitrogens with zero attached hydrogens (tertiary/aromatic N) is 3. The van der Waals surface area contributed by atoms with Crippen LogP contribution in [0.15, 0.2) is 53.5 Å². The van der Waals surface area contributed by atoms with E-state index in [1.807, 2.05) is 17.0 Å². The molecule has 0 saturated carbocycles. The number of methoxy groups -OCH3 is 1. The molecular formula is C22H23N5O3. The van der Waals surface area contributed by atoms with Gasteiger partial charge in [-0.2, -0.15) is 5.10 Å². The van der Waals surface area contributed by atoms with Crippen LogP contribution in [0.25, 0.3) is 11.1 Å². The number of benzene rings is 1. The third-order valence-electron chi connectivity index (χ3n) is 5.45. The fraction of sp³-hybridized carbons (Fsp3) is 0.273. The molecule has 0 atom stereocenters. The number of aromatic amines is 1. The Kier molecular flexibility index (Phi) is 5.47. The number of carbonyl (C=O) groups excluding carboxylic acids is 1. The van der Waals surface area contributed by atoms with Crippen LogP contribution in [0.5, 0.6) is 5.75 Å². The second kappa shape index (κ2) is 8.36. The number of likely N-dealkylation sites (tertiary alicyclic amines) is 1. The lowest BCUT2D eigenvalue weighted by molar-refractivity contribution is 0.0711. The Morgan fingerprint density at radius 1 is 1.13 bits per heavy atom. The van der Waals surface area contributed by atoms with Gasteiger partial charge in [-0.1, -0.05) is 0 Å². The van der Waals surface area contributed by atoms with E-state index in [1.165, 1.54) is 6.07 Å². The van der Waals surface area contributed by atoms with Gasteiger partial charge in [0, 0.05) is 48.0 Å².